The van der Waals surface area contributed by atoms with Crippen LogP contribution < -0.4 is 15.4 Å². The zero-order valence-corrected chi connectivity index (χ0v) is 11.2. The third-order valence-electron chi connectivity index (χ3n) is 3.88. The quantitative estimate of drug-likeness (QED) is 0.914. The van der Waals surface area contributed by atoms with Gasteiger partial charge in [0, 0.05) is 30.1 Å². The normalized spacial score (nSPS) is 19.1. The van der Waals surface area contributed by atoms with E-state index in [-0.39, 0.29) is 0 Å². The Morgan fingerprint density at radius 1 is 1.37 bits per heavy atom. The Hall–Kier alpha value is -1.81. The molecule has 0 spiro atoms. The molecule has 1 unspecified atom stereocenters. The predicted molar refractivity (Wildman–Crippen MR) is 77.7 cm³/mol. The summed E-state index contributed by atoms with van der Waals surface area (Å²) < 4.78 is 5.42. The largest absolute Gasteiger partial charge is 0.496 e. The van der Waals surface area contributed by atoms with Crippen LogP contribution in [0.2, 0.25) is 0 Å². The summed E-state index contributed by atoms with van der Waals surface area (Å²) in [6.45, 7) is 2.79. The van der Waals surface area contributed by atoms with E-state index in [0.717, 1.165) is 48.4 Å². The summed E-state index contributed by atoms with van der Waals surface area (Å²) in [4.78, 5) is 6.90. The maximum absolute atomic E-state index is 5.77. The van der Waals surface area contributed by atoms with Gasteiger partial charge >= 0.3 is 0 Å². The summed E-state index contributed by atoms with van der Waals surface area (Å²) in [5, 5.41) is 2.27. The molecule has 1 aromatic carbocycles. The fourth-order valence-corrected chi connectivity index (χ4v) is 2.81. The van der Waals surface area contributed by atoms with Crippen molar-refractivity contribution in [3.63, 3.8) is 0 Å². The Bertz CT molecular complexity index is 585. The fourth-order valence-electron chi connectivity index (χ4n) is 2.81. The maximum atomic E-state index is 5.77. The summed E-state index contributed by atoms with van der Waals surface area (Å²) in [6.07, 6.45) is 3.01. The standard InChI is InChI=1S/C15H19N3O/c1-19-14-4-2-3-13-12(14)5-7-17-15(13)18-8-6-11(9-16)10-18/h2-5,7,11H,6,8-10,16H2,1H3. The summed E-state index contributed by atoms with van der Waals surface area (Å²) >= 11 is 0. The molecule has 1 aliphatic heterocycles. The molecule has 0 saturated carbocycles. The lowest BCUT2D eigenvalue weighted by atomic mass is 10.1. The van der Waals surface area contributed by atoms with Crippen LogP contribution in [-0.2, 0) is 0 Å². The molecule has 2 N–H and O–H groups in total. The van der Waals surface area contributed by atoms with E-state index in [1.807, 2.05) is 24.4 Å². The molecule has 19 heavy (non-hydrogen) atoms. The van der Waals surface area contributed by atoms with Crippen molar-refractivity contribution in [2.24, 2.45) is 11.7 Å². The van der Waals surface area contributed by atoms with Gasteiger partial charge in [0.05, 0.1) is 7.11 Å². The Morgan fingerprint density at radius 2 is 2.26 bits per heavy atom. The van der Waals surface area contributed by atoms with Crippen LogP contribution in [0.5, 0.6) is 5.75 Å². The van der Waals surface area contributed by atoms with Crippen LogP contribution in [0.25, 0.3) is 10.8 Å². The van der Waals surface area contributed by atoms with Gasteiger partial charge in [-0.15, -0.1) is 0 Å². The molecule has 0 aliphatic carbocycles. The summed E-state index contributed by atoms with van der Waals surface area (Å²) in [5.74, 6) is 2.53. The maximum Gasteiger partial charge on any atom is 0.136 e. The van der Waals surface area contributed by atoms with Crippen LogP contribution in [0.3, 0.4) is 0 Å². The second kappa shape index (κ2) is 5.05. The molecule has 1 aliphatic rings. The molecule has 1 saturated heterocycles. The first-order chi connectivity index (χ1) is 9.33. The highest BCUT2D eigenvalue weighted by Crippen LogP contribution is 2.33. The number of anilines is 1. The zero-order valence-electron chi connectivity index (χ0n) is 11.2. The summed E-state index contributed by atoms with van der Waals surface area (Å²) in [5.41, 5.74) is 5.77. The topological polar surface area (TPSA) is 51.4 Å². The number of ether oxygens (including phenoxy) is 1. The lowest BCUT2D eigenvalue weighted by Gasteiger charge is -2.19. The average molecular weight is 257 g/mol. The molecular formula is C15H19N3O. The first-order valence-electron chi connectivity index (χ1n) is 6.70. The van der Waals surface area contributed by atoms with E-state index >= 15 is 0 Å². The molecular weight excluding hydrogens is 238 g/mol. The minimum absolute atomic E-state index is 0.586. The van der Waals surface area contributed by atoms with Crippen molar-refractivity contribution in [3.8, 4) is 5.75 Å². The lowest BCUT2D eigenvalue weighted by Crippen LogP contribution is -2.23. The van der Waals surface area contributed by atoms with Crippen molar-refractivity contribution >= 4 is 16.6 Å². The van der Waals surface area contributed by atoms with E-state index in [0.29, 0.717) is 5.92 Å². The van der Waals surface area contributed by atoms with Crippen molar-refractivity contribution in [2.75, 3.05) is 31.6 Å². The van der Waals surface area contributed by atoms with E-state index in [4.69, 9.17) is 10.5 Å². The van der Waals surface area contributed by atoms with Crippen molar-refractivity contribution in [1.82, 2.24) is 4.98 Å². The molecule has 1 aromatic heterocycles. The number of pyridine rings is 1. The highest BCUT2D eigenvalue weighted by molar-refractivity contribution is 5.96. The van der Waals surface area contributed by atoms with E-state index < -0.39 is 0 Å². The van der Waals surface area contributed by atoms with Crippen LogP contribution in [0.4, 0.5) is 5.82 Å². The van der Waals surface area contributed by atoms with Crippen LogP contribution in [-0.4, -0.2) is 31.7 Å². The first kappa shape index (κ1) is 12.2. The number of fused-ring (bicyclic) bond motifs is 1. The van der Waals surface area contributed by atoms with Crippen LogP contribution >= 0.6 is 0 Å². The van der Waals surface area contributed by atoms with Crippen LogP contribution in [0.15, 0.2) is 30.5 Å². The molecule has 2 heterocycles. The Morgan fingerprint density at radius 3 is 3.00 bits per heavy atom. The number of nitrogens with two attached hydrogens (primary N) is 1. The van der Waals surface area contributed by atoms with Crippen LogP contribution in [0, 0.1) is 5.92 Å². The van der Waals surface area contributed by atoms with Gasteiger partial charge in [-0.25, -0.2) is 4.98 Å². The van der Waals surface area contributed by atoms with Crippen molar-refractivity contribution in [2.45, 2.75) is 6.42 Å². The summed E-state index contributed by atoms with van der Waals surface area (Å²) in [6, 6.07) is 8.12. The van der Waals surface area contributed by atoms with Gasteiger partial charge in [0.2, 0.25) is 0 Å². The van der Waals surface area contributed by atoms with Gasteiger partial charge in [-0.1, -0.05) is 12.1 Å². The molecule has 1 fully saturated rings. The minimum Gasteiger partial charge on any atom is -0.496 e. The van der Waals surface area contributed by atoms with Gasteiger partial charge in [0.25, 0.3) is 0 Å². The zero-order chi connectivity index (χ0) is 13.2. The van der Waals surface area contributed by atoms with Gasteiger partial charge in [-0.3, -0.25) is 0 Å². The Kier molecular flexibility index (Phi) is 3.25. The average Bonchev–Trinajstić information content (AvgIpc) is 2.94. The fraction of sp³-hybridized carbons (Fsp3) is 0.400. The highest BCUT2D eigenvalue weighted by Gasteiger charge is 2.23. The molecule has 3 rings (SSSR count). The molecule has 0 amide bonds. The van der Waals surface area contributed by atoms with E-state index in [2.05, 4.69) is 16.0 Å². The second-order valence-corrected chi connectivity index (χ2v) is 5.03. The lowest BCUT2D eigenvalue weighted by molar-refractivity contribution is 0.420. The van der Waals surface area contributed by atoms with Crippen molar-refractivity contribution in [1.29, 1.82) is 0 Å². The molecule has 4 heteroatoms. The first-order valence-corrected chi connectivity index (χ1v) is 6.70. The Balaban J connectivity index is 2.05. The third-order valence-corrected chi connectivity index (χ3v) is 3.88. The molecule has 1 atom stereocenters. The highest BCUT2D eigenvalue weighted by atomic mass is 16.5. The number of methoxy groups -OCH3 is 1. The molecule has 0 radical (unpaired) electrons. The minimum atomic E-state index is 0.586. The van der Waals surface area contributed by atoms with Crippen molar-refractivity contribution in [3.05, 3.63) is 30.5 Å². The monoisotopic (exact) mass is 257 g/mol. The van der Waals surface area contributed by atoms with E-state index in [9.17, 15) is 0 Å². The number of benzene rings is 1. The number of aromatic nitrogens is 1. The van der Waals surface area contributed by atoms with Gasteiger partial charge < -0.3 is 15.4 Å². The number of hydrogen-bond donors (Lipinski definition) is 1. The Labute approximate surface area is 113 Å². The second-order valence-electron chi connectivity index (χ2n) is 5.03. The summed E-state index contributed by atoms with van der Waals surface area (Å²) in [7, 11) is 1.70. The van der Waals surface area contributed by atoms with Crippen molar-refractivity contribution < 1.29 is 4.74 Å². The SMILES string of the molecule is COc1cccc2c(N3CCC(CN)C3)nccc12. The molecule has 2 aromatic rings. The van der Waals surface area contributed by atoms with Gasteiger partial charge in [-0.05, 0) is 31.0 Å². The van der Waals surface area contributed by atoms with Gasteiger partial charge in [-0.2, -0.15) is 0 Å². The number of hydrogen-bond acceptors (Lipinski definition) is 4. The molecule has 100 valence electrons. The van der Waals surface area contributed by atoms with E-state index in [1.54, 1.807) is 7.11 Å². The van der Waals surface area contributed by atoms with Crippen LogP contribution in [0.1, 0.15) is 6.42 Å². The third kappa shape index (κ3) is 2.12. The molecule has 0 bridgehead atoms. The molecule has 4 nitrogen and oxygen atoms in total. The van der Waals surface area contributed by atoms with E-state index in [1.165, 1.54) is 0 Å². The number of rotatable bonds is 3. The number of nitrogens with zero attached hydrogens (tertiary/aromatic N) is 2. The van der Waals surface area contributed by atoms with Gasteiger partial charge in [0.15, 0.2) is 0 Å². The van der Waals surface area contributed by atoms with Gasteiger partial charge in [0.1, 0.15) is 11.6 Å². The smallest absolute Gasteiger partial charge is 0.136 e. The predicted octanol–water partition coefficient (Wildman–Crippen LogP) is 2.03.